The molecule has 0 radical (unpaired) electrons. The molecule has 1 N–H and O–H groups in total. The van der Waals surface area contributed by atoms with Gasteiger partial charge in [0.25, 0.3) is 0 Å². The predicted molar refractivity (Wildman–Crippen MR) is 119 cm³/mol. The summed E-state index contributed by atoms with van der Waals surface area (Å²) in [7, 11) is 0. The summed E-state index contributed by atoms with van der Waals surface area (Å²) in [5.41, 5.74) is 0.923. The number of hydrogen-bond donors (Lipinski definition) is 1. The summed E-state index contributed by atoms with van der Waals surface area (Å²) in [5.74, 6) is 1.73. The Bertz CT molecular complexity index is 1170. The van der Waals surface area contributed by atoms with Crippen molar-refractivity contribution in [3.8, 4) is 11.9 Å². The largest absolute Gasteiger partial charge is 0.390 e. The zero-order valence-corrected chi connectivity index (χ0v) is 18.3. The molecule has 3 aromatic rings. The van der Waals surface area contributed by atoms with Gasteiger partial charge in [-0.05, 0) is 58.1 Å². The fraction of sp³-hybridized carbons (Fsp3) is 0.500. The lowest BCUT2D eigenvalue weighted by Gasteiger charge is -2.35. The summed E-state index contributed by atoms with van der Waals surface area (Å²) in [4.78, 5) is 11.3. The Morgan fingerprint density at radius 1 is 1.19 bits per heavy atom. The molecule has 7 nitrogen and oxygen atoms in total. The maximum Gasteiger partial charge on any atom is 0.159 e. The van der Waals surface area contributed by atoms with E-state index in [2.05, 4.69) is 45.1 Å². The van der Waals surface area contributed by atoms with Crippen molar-refractivity contribution in [1.82, 2.24) is 19.7 Å². The number of aliphatic hydroxyl groups is 1. The molecular formula is C24H28N6O. The highest BCUT2D eigenvalue weighted by Crippen LogP contribution is 2.44. The van der Waals surface area contributed by atoms with Crippen LogP contribution in [0.5, 0.6) is 0 Å². The molecule has 31 heavy (non-hydrogen) atoms. The molecule has 1 aliphatic carbocycles. The van der Waals surface area contributed by atoms with Crippen molar-refractivity contribution in [2.75, 3.05) is 11.4 Å². The molecule has 0 bridgehead atoms. The van der Waals surface area contributed by atoms with E-state index in [9.17, 15) is 10.4 Å². The third-order valence-electron chi connectivity index (χ3n) is 7.36. The molecule has 0 unspecified atom stereocenters. The highest BCUT2D eigenvalue weighted by Gasteiger charge is 2.41. The second-order valence-corrected chi connectivity index (χ2v) is 9.59. The van der Waals surface area contributed by atoms with Gasteiger partial charge in [0.1, 0.15) is 12.1 Å². The van der Waals surface area contributed by atoms with E-state index in [1.54, 1.807) is 6.33 Å². The molecule has 7 heteroatoms. The number of anilines is 1. The van der Waals surface area contributed by atoms with E-state index >= 15 is 0 Å². The average Bonchev–Trinajstić information content (AvgIpc) is 3.31. The van der Waals surface area contributed by atoms with Gasteiger partial charge in [-0.15, -0.1) is 0 Å². The van der Waals surface area contributed by atoms with Crippen LogP contribution in [0.2, 0.25) is 0 Å². The van der Waals surface area contributed by atoms with E-state index in [1.807, 2.05) is 36.9 Å². The number of rotatable bonds is 4. The molecular weight excluding hydrogens is 388 g/mol. The summed E-state index contributed by atoms with van der Waals surface area (Å²) >= 11 is 0. The topological polar surface area (TPSA) is 90.9 Å². The zero-order valence-electron chi connectivity index (χ0n) is 18.3. The lowest BCUT2D eigenvalue weighted by atomic mass is 9.65. The van der Waals surface area contributed by atoms with Gasteiger partial charge in [-0.3, -0.25) is 0 Å². The van der Waals surface area contributed by atoms with Gasteiger partial charge in [0.15, 0.2) is 5.82 Å². The highest BCUT2D eigenvalue weighted by atomic mass is 16.3. The van der Waals surface area contributed by atoms with Crippen molar-refractivity contribution in [1.29, 1.82) is 5.26 Å². The Balaban J connectivity index is 1.51. The lowest BCUT2D eigenvalue weighted by molar-refractivity contribution is 0.0156. The van der Waals surface area contributed by atoms with Crippen molar-refractivity contribution in [3.63, 3.8) is 0 Å². The first-order valence-electron chi connectivity index (χ1n) is 11.0. The molecule has 2 fully saturated rings. The van der Waals surface area contributed by atoms with Gasteiger partial charge in [-0.1, -0.05) is 12.1 Å². The van der Waals surface area contributed by atoms with Crippen molar-refractivity contribution in [3.05, 3.63) is 42.4 Å². The summed E-state index contributed by atoms with van der Waals surface area (Å²) in [6.07, 6.45) is 7.26. The first-order valence-corrected chi connectivity index (χ1v) is 11.0. The fourth-order valence-corrected chi connectivity index (χ4v) is 5.31. The first kappa shape index (κ1) is 20.0. The van der Waals surface area contributed by atoms with Gasteiger partial charge in [0, 0.05) is 30.0 Å². The Morgan fingerprint density at radius 3 is 2.61 bits per heavy atom. The standard InChI is InChI=1S/C24H28N6O/c1-16-19(23(2,3)31)7-10-29(16)21-12-22(27-15-26-21)30-20-11-18(6-5-17(20)13-28-30)24(14-25)8-4-9-24/h5-6,11-13,15-16,19,31H,4,7-10H2,1-3H3/t16-,19-/m0/s1. The van der Waals surface area contributed by atoms with Crippen LogP contribution in [0.3, 0.4) is 0 Å². The molecule has 2 aliphatic rings. The molecule has 3 heterocycles. The zero-order chi connectivity index (χ0) is 21.8. The van der Waals surface area contributed by atoms with Crippen molar-refractivity contribution < 1.29 is 5.11 Å². The van der Waals surface area contributed by atoms with Crippen molar-refractivity contribution in [2.24, 2.45) is 5.92 Å². The lowest BCUT2D eigenvalue weighted by Crippen LogP contribution is -2.40. The number of hydrogen-bond acceptors (Lipinski definition) is 6. The van der Waals surface area contributed by atoms with Gasteiger partial charge >= 0.3 is 0 Å². The Labute approximate surface area is 182 Å². The van der Waals surface area contributed by atoms with Crippen LogP contribution in [0.25, 0.3) is 16.7 Å². The highest BCUT2D eigenvalue weighted by molar-refractivity contribution is 5.81. The fourth-order valence-electron chi connectivity index (χ4n) is 5.31. The average molecular weight is 417 g/mol. The Morgan fingerprint density at radius 2 is 1.97 bits per heavy atom. The maximum atomic E-state index is 10.5. The molecule has 1 aromatic carbocycles. The Hall–Kier alpha value is -2.98. The minimum atomic E-state index is -0.725. The van der Waals surface area contributed by atoms with Crippen LogP contribution in [0.15, 0.2) is 36.8 Å². The summed E-state index contributed by atoms with van der Waals surface area (Å²) in [5, 5.41) is 25.9. The molecule has 1 saturated carbocycles. The van der Waals surface area contributed by atoms with Crippen molar-refractivity contribution >= 4 is 16.7 Å². The predicted octanol–water partition coefficient (Wildman–Crippen LogP) is 3.75. The van der Waals surface area contributed by atoms with Gasteiger partial charge < -0.3 is 10.0 Å². The molecule has 5 rings (SSSR count). The normalized spacial score (nSPS) is 23.0. The van der Waals surface area contributed by atoms with E-state index < -0.39 is 5.60 Å². The number of benzene rings is 1. The summed E-state index contributed by atoms with van der Waals surface area (Å²) in [6.45, 7) is 6.76. The van der Waals surface area contributed by atoms with Gasteiger partial charge in [-0.25, -0.2) is 14.6 Å². The van der Waals surface area contributed by atoms with E-state index in [1.165, 1.54) is 0 Å². The first-order chi connectivity index (χ1) is 14.8. The van der Waals surface area contributed by atoms with Crippen LogP contribution in [-0.2, 0) is 5.41 Å². The van der Waals surface area contributed by atoms with Crippen LogP contribution in [0, 0.1) is 17.2 Å². The van der Waals surface area contributed by atoms with Crippen LogP contribution in [-0.4, -0.2) is 43.0 Å². The number of nitriles is 1. The van der Waals surface area contributed by atoms with Crippen LogP contribution in [0.4, 0.5) is 5.82 Å². The van der Waals surface area contributed by atoms with E-state index in [4.69, 9.17) is 0 Å². The van der Waals surface area contributed by atoms with E-state index in [-0.39, 0.29) is 17.4 Å². The molecule has 160 valence electrons. The molecule has 1 saturated heterocycles. The summed E-state index contributed by atoms with van der Waals surface area (Å²) in [6, 6.07) is 10.9. The van der Waals surface area contributed by atoms with Crippen LogP contribution < -0.4 is 4.90 Å². The minimum Gasteiger partial charge on any atom is -0.390 e. The monoisotopic (exact) mass is 416 g/mol. The SMILES string of the molecule is C[C@H]1[C@@H](C(C)(C)O)CCN1c1cc(-n2ncc3ccc(C4(C#N)CCC4)cc32)ncn1. The smallest absolute Gasteiger partial charge is 0.159 e. The molecule has 2 atom stereocenters. The second kappa shape index (κ2) is 7.03. The molecule has 2 aromatic heterocycles. The third-order valence-corrected chi connectivity index (χ3v) is 7.36. The summed E-state index contributed by atoms with van der Waals surface area (Å²) < 4.78 is 1.84. The Kier molecular flexibility index (Phi) is 4.52. The molecule has 0 amide bonds. The van der Waals surface area contributed by atoms with Gasteiger partial charge in [-0.2, -0.15) is 10.4 Å². The molecule has 1 aliphatic heterocycles. The minimum absolute atomic E-state index is 0.179. The second-order valence-electron chi connectivity index (χ2n) is 9.59. The molecule has 0 spiro atoms. The number of aromatic nitrogens is 4. The third kappa shape index (κ3) is 3.17. The maximum absolute atomic E-state index is 10.5. The van der Waals surface area contributed by atoms with E-state index in [0.717, 1.165) is 54.5 Å². The number of fused-ring (bicyclic) bond motifs is 1. The van der Waals surface area contributed by atoms with Crippen molar-refractivity contribution in [2.45, 2.75) is 63.5 Å². The van der Waals surface area contributed by atoms with Crippen LogP contribution >= 0.6 is 0 Å². The quantitative estimate of drug-likeness (QED) is 0.697. The van der Waals surface area contributed by atoms with Crippen LogP contribution in [0.1, 0.15) is 52.0 Å². The van der Waals surface area contributed by atoms with Gasteiger partial charge in [0.05, 0.1) is 28.8 Å². The number of nitrogens with zero attached hydrogens (tertiary/aromatic N) is 6. The van der Waals surface area contributed by atoms with Gasteiger partial charge in [0.2, 0.25) is 0 Å². The van der Waals surface area contributed by atoms with E-state index in [0.29, 0.717) is 5.82 Å².